The Bertz CT molecular complexity index is 570. The standard InChI is InChI=1S/C16H16Cl2O2/c1-9(11-3-5-15(19)13(17)7-11)10(2)12-4-6-16(20)14(18)8-12/h3-10,19-20H,1-2H3. The van der Waals surface area contributed by atoms with Crippen molar-refractivity contribution >= 4 is 23.2 Å². The Balaban J connectivity index is 2.29. The summed E-state index contributed by atoms with van der Waals surface area (Å²) in [5, 5.41) is 19.6. The number of aromatic hydroxyl groups is 2. The highest BCUT2D eigenvalue weighted by molar-refractivity contribution is 6.32. The van der Waals surface area contributed by atoms with E-state index < -0.39 is 0 Å². The fourth-order valence-electron chi connectivity index (χ4n) is 2.19. The van der Waals surface area contributed by atoms with Crippen molar-refractivity contribution in [3.63, 3.8) is 0 Å². The first-order valence-corrected chi connectivity index (χ1v) is 7.12. The van der Waals surface area contributed by atoms with E-state index in [1.807, 2.05) is 12.1 Å². The second kappa shape index (κ2) is 5.94. The summed E-state index contributed by atoms with van der Waals surface area (Å²) in [6.07, 6.45) is 0. The number of hydrogen-bond acceptors (Lipinski definition) is 2. The summed E-state index contributed by atoms with van der Waals surface area (Å²) in [5.41, 5.74) is 2.09. The van der Waals surface area contributed by atoms with Gasteiger partial charge in [-0.3, -0.25) is 0 Å². The van der Waals surface area contributed by atoms with Crippen LogP contribution in [-0.4, -0.2) is 10.2 Å². The lowest BCUT2D eigenvalue weighted by atomic mass is 9.84. The van der Waals surface area contributed by atoms with Gasteiger partial charge in [0.25, 0.3) is 0 Å². The number of rotatable bonds is 3. The second-order valence-corrected chi connectivity index (χ2v) is 5.81. The van der Waals surface area contributed by atoms with E-state index in [9.17, 15) is 10.2 Å². The zero-order valence-electron chi connectivity index (χ0n) is 11.3. The summed E-state index contributed by atoms with van der Waals surface area (Å²) in [6, 6.07) is 10.5. The molecule has 2 aromatic carbocycles. The summed E-state index contributed by atoms with van der Waals surface area (Å²) < 4.78 is 0. The van der Waals surface area contributed by atoms with Crippen LogP contribution in [0.25, 0.3) is 0 Å². The lowest BCUT2D eigenvalue weighted by molar-refractivity contribution is 0.473. The first-order valence-electron chi connectivity index (χ1n) is 6.37. The number of phenols is 2. The average Bonchev–Trinajstić information content (AvgIpc) is 2.43. The Hall–Kier alpha value is -1.38. The molecule has 0 saturated heterocycles. The van der Waals surface area contributed by atoms with E-state index in [2.05, 4.69) is 13.8 Å². The number of halogens is 2. The van der Waals surface area contributed by atoms with Gasteiger partial charge in [0.15, 0.2) is 0 Å². The monoisotopic (exact) mass is 310 g/mol. The van der Waals surface area contributed by atoms with Crippen LogP contribution in [0, 0.1) is 0 Å². The number of phenolic OH excluding ortho intramolecular Hbond substituents is 2. The number of hydrogen-bond donors (Lipinski definition) is 2. The van der Waals surface area contributed by atoms with E-state index in [1.54, 1.807) is 24.3 Å². The lowest BCUT2D eigenvalue weighted by Crippen LogP contribution is -2.05. The van der Waals surface area contributed by atoms with Crippen molar-refractivity contribution in [1.82, 2.24) is 0 Å². The highest BCUT2D eigenvalue weighted by Gasteiger charge is 2.18. The molecule has 0 aromatic heterocycles. The van der Waals surface area contributed by atoms with Gasteiger partial charge in [-0.25, -0.2) is 0 Å². The Morgan fingerprint density at radius 2 is 1.10 bits per heavy atom. The highest BCUT2D eigenvalue weighted by atomic mass is 35.5. The van der Waals surface area contributed by atoms with Gasteiger partial charge < -0.3 is 10.2 Å². The van der Waals surface area contributed by atoms with E-state index in [-0.39, 0.29) is 23.3 Å². The zero-order valence-corrected chi connectivity index (χ0v) is 12.8. The van der Waals surface area contributed by atoms with Gasteiger partial charge in [0.1, 0.15) is 11.5 Å². The van der Waals surface area contributed by atoms with E-state index in [4.69, 9.17) is 23.2 Å². The quantitative estimate of drug-likeness (QED) is 0.806. The molecule has 0 aliphatic heterocycles. The Morgan fingerprint density at radius 1 is 0.750 bits per heavy atom. The third-order valence-electron chi connectivity index (χ3n) is 3.75. The smallest absolute Gasteiger partial charge is 0.134 e. The van der Waals surface area contributed by atoms with Crippen LogP contribution in [0.15, 0.2) is 36.4 Å². The van der Waals surface area contributed by atoms with Crippen molar-refractivity contribution in [1.29, 1.82) is 0 Å². The Labute approximate surface area is 128 Å². The molecule has 0 saturated carbocycles. The third-order valence-corrected chi connectivity index (χ3v) is 4.35. The molecule has 0 bridgehead atoms. The first-order chi connectivity index (χ1) is 9.40. The molecule has 4 heteroatoms. The molecule has 0 amide bonds. The lowest BCUT2D eigenvalue weighted by Gasteiger charge is -2.21. The van der Waals surface area contributed by atoms with Crippen LogP contribution < -0.4 is 0 Å². The molecule has 2 atom stereocenters. The summed E-state index contributed by atoms with van der Waals surface area (Å²) in [7, 11) is 0. The van der Waals surface area contributed by atoms with Crippen LogP contribution in [0.5, 0.6) is 11.5 Å². The first kappa shape index (κ1) is 15.0. The van der Waals surface area contributed by atoms with Gasteiger partial charge in [0.05, 0.1) is 10.0 Å². The summed E-state index contributed by atoms with van der Waals surface area (Å²) in [6.45, 7) is 4.18. The maximum absolute atomic E-state index is 9.47. The molecule has 0 fully saturated rings. The van der Waals surface area contributed by atoms with Crippen molar-refractivity contribution in [2.24, 2.45) is 0 Å². The second-order valence-electron chi connectivity index (χ2n) is 5.00. The molecule has 0 aliphatic rings. The fraction of sp³-hybridized carbons (Fsp3) is 0.250. The molecular formula is C16H16Cl2O2. The molecule has 2 rings (SSSR count). The van der Waals surface area contributed by atoms with Crippen molar-refractivity contribution in [2.45, 2.75) is 25.7 Å². The van der Waals surface area contributed by atoms with Crippen LogP contribution in [-0.2, 0) is 0 Å². The van der Waals surface area contributed by atoms with Gasteiger partial charge in [-0.05, 0) is 47.2 Å². The molecule has 2 nitrogen and oxygen atoms in total. The minimum absolute atomic E-state index is 0.0861. The van der Waals surface area contributed by atoms with E-state index in [1.165, 1.54) is 0 Å². The van der Waals surface area contributed by atoms with Gasteiger partial charge in [0, 0.05) is 0 Å². The van der Waals surface area contributed by atoms with Gasteiger partial charge in [-0.15, -0.1) is 0 Å². The third kappa shape index (κ3) is 3.02. The molecule has 0 spiro atoms. The van der Waals surface area contributed by atoms with Crippen LogP contribution in [0.4, 0.5) is 0 Å². The van der Waals surface area contributed by atoms with Crippen molar-refractivity contribution in [3.8, 4) is 11.5 Å². The van der Waals surface area contributed by atoms with Crippen LogP contribution >= 0.6 is 23.2 Å². The molecule has 2 N–H and O–H groups in total. The predicted octanol–water partition coefficient (Wildman–Crippen LogP) is 5.31. The van der Waals surface area contributed by atoms with E-state index in [0.717, 1.165) is 11.1 Å². The van der Waals surface area contributed by atoms with Crippen molar-refractivity contribution in [2.75, 3.05) is 0 Å². The minimum Gasteiger partial charge on any atom is -0.506 e. The van der Waals surface area contributed by atoms with Gasteiger partial charge in [-0.1, -0.05) is 49.2 Å². The summed E-state index contributed by atoms with van der Waals surface area (Å²) in [4.78, 5) is 0. The number of benzene rings is 2. The molecule has 0 aliphatic carbocycles. The summed E-state index contributed by atoms with van der Waals surface area (Å²) in [5.74, 6) is 0.577. The molecule has 106 valence electrons. The van der Waals surface area contributed by atoms with Crippen molar-refractivity contribution < 1.29 is 10.2 Å². The van der Waals surface area contributed by atoms with Crippen LogP contribution in [0.2, 0.25) is 10.0 Å². The SMILES string of the molecule is CC(c1ccc(O)c(Cl)c1)C(C)c1ccc(O)c(Cl)c1. The molecule has 0 radical (unpaired) electrons. The van der Waals surface area contributed by atoms with Crippen molar-refractivity contribution in [3.05, 3.63) is 57.6 Å². The molecular weight excluding hydrogens is 295 g/mol. The fourth-order valence-corrected chi connectivity index (χ4v) is 2.57. The van der Waals surface area contributed by atoms with E-state index in [0.29, 0.717) is 10.0 Å². The Kier molecular flexibility index (Phi) is 4.46. The molecule has 0 heterocycles. The molecule has 2 aromatic rings. The summed E-state index contributed by atoms with van der Waals surface area (Å²) >= 11 is 11.9. The minimum atomic E-state index is 0.0861. The van der Waals surface area contributed by atoms with E-state index >= 15 is 0 Å². The topological polar surface area (TPSA) is 40.5 Å². The normalized spacial score (nSPS) is 14.0. The maximum atomic E-state index is 9.47. The molecule has 20 heavy (non-hydrogen) atoms. The largest absolute Gasteiger partial charge is 0.506 e. The predicted molar refractivity (Wildman–Crippen MR) is 83.1 cm³/mol. The van der Waals surface area contributed by atoms with Gasteiger partial charge >= 0.3 is 0 Å². The maximum Gasteiger partial charge on any atom is 0.134 e. The highest BCUT2D eigenvalue weighted by Crippen LogP contribution is 2.37. The van der Waals surface area contributed by atoms with Gasteiger partial charge in [-0.2, -0.15) is 0 Å². The molecule has 2 unspecified atom stereocenters. The Morgan fingerprint density at radius 3 is 1.40 bits per heavy atom. The zero-order chi connectivity index (χ0) is 14.9. The average molecular weight is 311 g/mol. The van der Waals surface area contributed by atoms with Crippen LogP contribution in [0.1, 0.15) is 36.8 Å². The van der Waals surface area contributed by atoms with Gasteiger partial charge in [0.2, 0.25) is 0 Å². The van der Waals surface area contributed by atoms with Crippen LogP contribution in [0.3, 0.4) is 0 Å².